The van der Waals surface area contributed by atoms with Gasteiger partial charge in [0.2, 0.25) is 0 Å². The largest absolute Gasteiger partial charge is 0.469 e. The van der Waals surface area contributed by atoms with E-state index >= 15 is 0 Å². The second-order valence-electron chi connectivity index (χ2n) is 5.36. The number of hydrogen-bond donors (Lipinski definition) is 3. The van der Waals surface area contributed by atoms with Gasteiger partial charge in [0.1, 0.15) is 11.5 Å². The first-order chi connectivity index (χ1) is 10.2. The predicted molar refractivity (Wildman–Crippen MR) is 78.9 cm³/mol. The maximum atomic E-state index is 9.85. The van der Waals surface area contributed by atoms with Crippen LogP contribution in [0.25, 0.3) is 0 Å². The van der Waals surface area contributed by atoms with Crippen LogP contribution < -0.4 is 5.73 Å². The van der Waals surface area contributed by atoms with Gasteiger partial charge in [-0.2, -0.15) is 0 Å². The molecule has 0 aromatic carbocycles. The Morgan fingerprint density at radius 3 is 1.81 bits per heavy atom. The van der Waals surface area contributed by atoms with Crippen molar-refractivity contribution in [2.75, 3.05) is 13.2 Å². The van der Waals surface area contributed by atoms with E-state index in [1.165, 1.54) is 0 Å². The SMILES string of the molecule is CCCC(N)(C(CO)c1ccco1)C(CO)c1ccco1. The highest BCUT2D eigenvalue weighted by molar-refractivity contribution is 5.22. The summed E-state index contributed by atoms with van der Waals surface area (Å²) < 4.78 is 10.9. The van der Waals surface area contributed by atoms with Gasteiger partial charge in [0.25, 0.3) is 0 Å². The molecule has 2 aromatic heterocycles. The van der Waals surface area contributed by atoms with E-state index in [2.05, 4.69) is 0 Å². The third kappa shape index (κ3) is 3.05. The molecule has 0 radical (unpaired) electrons. The van der Waals surface area contributed by atoms with E-state index in [1.54, 1.807) is 36.8 Å². The molecule has 0 amide bonds. The van der Waals surface area contributed by atoms with Crippen LogP contribution in [0.1, 0.15) is 43.1 Å². The first kappa shape index (κ1) is 15.8. The summed E-state index contributed by atoms with van der Waals surface area (Å²) in [7, 11) is 0. The van der Waals surface area contributed by atoms with Crippen LogP contribution in [0, 0.1) is 0 Å². The molecule has 0 aliphatic heterocycles. The molecule has 0 bridgehead atoms. The van der Waals surface area contributed by atoms with Gasteiger partial charge in [-0.25, -0.2) is 0 Å². The molecular formula is C16H23NO4. The van der Waals surface area contributed by atoms with Crippen molar-refractivity contribution in [3.8, 4) is 0 Å². The molecule has 0 aliphatic rings. The summed E-state index contributed by atoms with van der Waals surface area (Å²) in [5.41, 5.74) is 5.81. The van der Waals surface area contributed by atoms with Crippen LogP contribution in [-0.4, -0.2) is 29.0 Å². The quantitative estimate of drug-likeness (QED) is 0.694. The third-order valence-corrected chi connectivity index (χ3v) is 4.12. The zero-order chi connectivity index (χ0) is 15.3. The van der Waals surface area contributed by atoms with Gasteiger partial charge in [0, 0.05) is 5.54 Å². The topological polar surface area (TPSA) is 92.8 Å². The summed E-state index contributed by atoms with van der Waals surface area (Å²) in [5, 5.41) is 19.7. The van der Waals surface area contributed by atoms with E-state index in [9.17, 15) is 10.2 Å². The second kappa shape index (κ2) is 6.93. The van der Waals surface area contributed by atoms with Crippen molar-refractivity contribution in [2.24, 2.45) is 5.73 Å². The zero-order valence-corrected chi connectivity index (χ0v) is 12.2. The van der Waals surface area contributed by atoms with Crippen molar-refractivity contribution in [2.45, 2.75) is 37.1 Å². The normalized spacial score (nSPS) is 17.3. The molecule has 5 nitrogen and oxygen atoms in total. The lowest BCUT2D eigenvalue weighted by Gasteiger charge is -2.40. The van der Waals surface area contributed by atoms with Crippen LogP contribution >= 0.6 is 0 Å². The summed E-state index contributed by atoms with van der Waals surface area (Å²) >= 11 is 0. The molecule has 0 saturated carbocycles. The van der Waals surface area contributed by atoms with E-state index in [-0.39, 0.29) is 13.2 Å². The fourth-order valence-electron chi connectivity index (χ4n) is 3.05. The Bertz CT molecular complexity index is 464. The number of hydrogen-bond acceptors (Lipinski definition) is 5. The number of furan rings is 2. The molecule has 0 aliphatic carbocycles. The van der Waals surface area contributed by atoms with Gasteiger partial charge in [0.15, 0.2) is 0 Å². The Labute approximate surface area is 124 Å². The first-order valence-electron chi connectivity index (χ1n) is 7.24. The van der Waals surface area contributed by atoms with Gasteiger partial charge in [-0.05, 0) is 30.7 Å². The Morgan fingerprint density at radius 2 is 1.52 bits per heavy atom. The molecule has 0 spiro atoms. The Morgan fingerprint density at radius 1 is 1.05 bits per heavy atom. The van der Waals surface area contributed by atoms with Crippen LogP contribution in [0.4, 0.5) is 0 Å². The van der Waals surface area contributed by atoms with Gasteiger partial charge in [-0.3, -0.25) is 0 Å². The van der Waals surface area contributed by atoms with Gasteiger partial charge in [-0.1, -0.05) is 13.3 Å². The van der Waals surface area contributed by atoms with Crippen LogP contribution in [0.3, 0.4) is 0 Å². The molecule has 2 heterocycles. The van der Waals surface area contributed by atoms with Gasteiger partial charge in [0.05, 0.1) is 37.6 Å². The average molecular weight is 293 g/mol. The minimum absolute atomic E-state index is 0.152. The standard InChI is InChI=1S/C16H23NO4/c1-2-7-16(17,12(10-18)14-5-3-8-20-14)13(11-19)15-6-4-9-21-15/h3-6,8-9,12-13,18-19H,2,7,10-11,17H2,1H3. The van der Waals surface area contributed by atoms with Crippen LogP contribution in [-0.2, 0) is 0 Å². The highest BCUT2D eigenvalue weighted by atomic mass is 16.3. The molecule has 21 heavy (non-hydrogen) atoms. The lowest BCUT2D eigenvalue weighted by molar-refractivity contribution is 0.113. The smallest absolute Gasteiger partial charge is 0.111 e. The van der Waals surface area contributed by atoms with E-state index < -0.39 is 17.4 Å². The minimum atomic E-state index is -0.853. The number of nitrogens with two attached hydrogens (primary N) is 1. The van der Waals surface area contributed by atoms with Crippen molar-refractivity contribution in [1.82, 2.24) is 0 Å². The summed E-state index contributed by atoms with van der Waals surface area (Å²) in [6, 6.07) is 7.14. The summed E-state index contributed by atoms with van der Waals surface area (Å²) in [6.45, 7) is 1.72. The second-order valence-corrected chi connectivity index (χ2v) is 5.36. The predicted octanol–water partition coefficient (Wildman–Crippen LogP) is 2.22. The minimum Gasteiger partial charge on any atom is -0.469 e. The first-order valence-corrected chi connectivity index (χ1v) is 7.24. The third-order valence-electron chi connectivity index (χ3n) is 4.12. The maximum absolute atomic E-state index is 9.85. The van der Waals surface area contributed by atoms with Crippen LogP contribution in [0.15, 0.2) is 45.6 Å². The summed E-state index contributed by atoms with van der Waals surface area (Å²) in [4.78, 5) is 0. The fourth-order valence-corrected chi connectivity index (χ4v) is 3.05. The molecule has 2 atom stereocenters. The number of aliphatic hydroxyl groups is 2. The Hall–Kier alpha value is -1.56. The molecule has 2 rings (SSSR count). The van der Waals surface area contributed by atoms with E-state index in [1.807, 2.05) is 6.92 Å². The van der Waals surface area contributed by atoms with Crippen molar-refractivity contribution >= 4 is 0 Å². The zero-order valence-electron chi connectivity index (χ0n) is 12.2. The van der Waals surface area contributed by atoms with E-state index in [0.717, 1.165) is 6.42 Å². The average Bonchev–Trinajstić information content (AvgIpc) is 3.14. The van der Waals surface area contributed by atoms with Gasteiger partial charge >= 0.3 is 0 Å². The molecule has 2 unspecified atom stereocenters. The highest BCUT2D eigenvalue weighted by Crippen LogP contribution is 2.41. The number of rotatable bonds is 8. The summed E-state index contributed by atoms with van der Waals surface area (Å²) in [6.07, 6.45) is 4.58. The monoisotopic (exact) mass is 293 g/mol. The fraction of sp³-hybridized carbons (Fsp3) is 0.500. The molecule has 0 fully saturated rings. The Kier molecular flexibility index (Phi) is 5.22. The van der Waals surface area contributed by atoms with Crippen molar-refractivity contribution in [3.63, 3.8) is 0 Å². The number of aliphatic hydroxyl groups excluding tert-OH is 2. The van der Waals surface area contributed by atoms with E-state index in [0.29, 0.717) is 17.9 Å². The highest BCUT2D eigenvalue weighted by Gasteiger charge is 2.45. The molecule has 4 N–H and O–H groups in total. The van der Waals surface area contributed by atoms with Gasteiger partial charge in [-0.15, -0.1) is 0 Å². The van der Waals surface area contributed by atoms with E-state index in [4.69, 9.17) is 14.6 Å². The van der Waals surface area contributed by atoms with Crippen molar-refractivity contribution in [1.29, 1.82) is 0 Å². The lowest BCUT2D eigenvalue weighted by Crippen LogP contribution is -2.53. The Balaban J connectivity index is 2.42. The summed E-state index contributed by atoms with van der Waals surface area (Å²) in [5.74, 6) is 0.432. The van der Waals surface area contributed by atoms with Gasteiger partial charge < -0.3 is 24.8 Å². The molecular weight excluding hydrogens is 270 g/mol. The van der Waals surface area contributed by atoms with Crippen molar-refractivity contribution < 1.29 is 19.0 Å². The van der Waals surface area contributed by atoms with Crippen LogP contribution in [0.5, 0.6) is 0 Å². The maximum Gasteiger partial charge on any atom is 0.111 e. The lowest BCUT2D eigenvalue weighted by atomic mass is 9.70. The van der Waals surface area contributed by atoms with Crippen molar-refractivity contribution in [3.05, 3.63) is 48.3 Å². The molecule has 2 aromatic rings. The molecule has 5 heteroatoms. The van der Waals surface area contributed by atoms with Crippen LogP contribution in [0.2, 0.25) is 0 Å². The molecule has 116 valence electrons. The molecule has 0 saturated heterocycles.